The summed E-state index contributed by atoms with van der Waals surface area (Å²) in [5, 5.41) is 6.83. The second-order valence-electron chi connectivity index (χ2n) is 6.24. The summed E-state index contributed by atoms with van der Waals surface area (Å²) in [4.78, 5) is 14.3. The van der Waals surface area contributed by atoms with Crippen LogP contribution in [0.2, 0.25) is 0 Å². The lowest BCUT2D eigenvalue weighted by atomic mass is 9.84. The number of hydrogen-bond donors (Lipinski definition) is 1. The minimum absolute atomic E-state index is 0.0234. The average molecular weight is 281 g/mol. The van der Waals surface area contributed by atoms with Gasteiger partial charge in [-0.05, 0) is 33.4 Å². The summed E-state index contributed by atoms with van der Waals surface area (Å²) in [5.41, 5.74) is 1.21. The highest BCUT2D eigenvalue weighted by Gasteiger charge is 2.28. The number of carbonyl (C=O) groups is 1. The molecule has 1 atom stereocenters. The molecule has 1 heterocycles. The first kappa shape index (κ1) is 16.7. The van der Waals surface area contributed by atoms with Crippen LogP contribution < -0.4 is 5.32 Å². The second kappa shape index (κ2) is 6.39. The fraction of sp³-hybridized carbons (Fsp3) is 0.733. The third kappa shape index (κ3) is 3.60. The molecule has 0 aliphatic rings. The highest BCUT2D eigenvalue weighted by atomic mass is 16.5. The van der Waals surface area contributed by atoms with Crippen LogP contribution in [0.5, 0.6) is 0 Å². The third-order valence-electron chi connectivity index (χ3n) is 4.17. The summed E-state index contributed by atoms with van der Waals surface area (Å²) in [6, 6.07) is 0.354. The molecule has 5 nitrogen and oxygen atoms in total. The van der Waals surface area contributed by atoms with Crippen LogP contribution in [0.4, 0.5) is 0 Å². The Bertz CT molecular complexity index is 464. The van der Waals surface area contributed by atoms with Gasteiger partial charge in [0.25, 0.3) is 5.91 Å². The van der Waals surface area contributed by atoms with E-state index in [1.54, 1.807) is 0 Å². The molecule has 1 N–H and O–H groups in total. The van der Waals surface area contributed by atoms with Crippen molar-refractivity contribution >= 4 is 5.91 Å². The van der Waals surface area contributed by atoms with E-state index < -0.39 is 0 Å². The van der Waals surface area contributed by atoms with Gasteiger partial charge in [0.05, 0.1) is 0 Å². The van der Waals surface area contributed by atoms with Gasteiger partial charge in [0.2, 0.25) is 0 Å². The first-order chi connectivity index (χ1) is 9.20. The quantitative estimate of drug-likeness (QED) is 0.869. The molecule has 1 unspecified atom stereocenters. The van der Waals surface area contributed by atoms with Gasteiger partial charge in [-0.25, -0.2) is 0 Å². The van der Waals surface area contributed by atoms with Crippen LogP contribution in [-0.2, 0) is 6.42 Å². The fourth-order valence-electron chi connectivity index (χ4n) is 2.15. The van der Waals surface area contributed by atoms with Gasteiger partial charge in [0.1, 0.15) is 5.76 Å². The number of aromatic nitrogens is 1. The molecule has 0 spiro atoms. The maximum atomic E-state index is 12.2. The van der Waals surface area contributed by atoms with Crippen molar-refractivity contribution in [2.45, 2.75) is 47.1 Å². The normalized spacial score (nSPS) is 13.6. The zero-order valence-electron chi connectivity index (χ0n) is 13.7. The Morgan fingerprint density at radius 2 is 2.05 bits per heavy atom. The van der Waals surface area contributed by atoms with Crippen molar-refractivity contribution in [2.24, 2.45) is 5.41 Å². The van der Waals surface area contributed by atoms with E-state index in [0.717, 1.165) is 17.7 Å². The predicted octanol–water partition coefficient (Wildman–Crippen LogP) is 2.25. The Hall–Kier alpha value is -1.36. The van der Waals surface area contributed by atoms with E-state index in [1.165, 1.54) is 0 Å². The average Bonchev–Trinajstić information content (AvgIpc) is 2.76. The number of rotatable bonds is 6. The molecule has 5 heteroatoms. The number of amides is 1. The minimum Gasteiger partial charge on any atom is -0.360 e. The number of aryl methyl sites for hydroxylation is 1. The van der Waals surface area contributed by atoms with E-state index in [4.69, 9.17) is 4.52 Å². The van der Waals surface area contributed by atoms with Gasteiger partial charge in [-0.15, -0.1) is 0 Å². The predicted molar refractivity (Wildman–Crippen MR) is 79.9 cm³/mol. The Balaban J connectivity index is 2.70. The van der Waals surface area contributed by atoms with E-state index in [0.29, 0.717) is 18.3 Å². The van der Waals surface area contributed by atoms with E-state index in [9.17, 15) is 4.79 Å². The van der Waals surface area contributed by atoms with Crippen molar-refractivity contribution in [1.29, 1.82) is 0 Å². The Kier molecular flexibility index (Phi) is 5.34. The van der Waals surface area contributed by atoms with Gasteiger partial charge >= 0.3 is 0 Å². The van der Waals surface area contributed by atoms with Crippen LogP contribution >= 0.6 is 0 Å². The molecule has 1 rings (SSSR count). The topological polar surface area (TPSA) is 58.4 Å². The summed E-state index contributed by atoms with van der Waals surface area (Å²) in [5.74, 6) is 0.612. The summed E-state index contributed by atoms with van der Waals surface area (Å²) in [6.45, 7) is 10.9. The van der Waals surface area contributed by atoms with E-state index in [-0.39, 0.29) is 11.3 Å². The minimum atomic E-state index is -0.162. The molecule has 0 saturated heterocycles. The van der Waals surface area contributed by atoms with Crippen LogP contribution in [0.1, 0.15) is 49.5 Å². The van der Waals surface area contributed by atoms with Gasteiger partial charge in [-0.2, -0.15) is 0 Å². The Morgan fingerprint density at radius 1 is 1.45 bits per heavy atom. The first-order valence-corrected chi connectivity index (χ1v) is 7.10. The maximum Gasteiger partial charge on any atom is 0.273 e. The Labute approximate surface area is 121 Å². The molecule has 0 saturated carbocycles. The lowest BCUT2D eigenvalue weighted by Crippen LogP contribution is -2.46. The van der Waals surface area contributed by atoms with Gasteiger partial charge in [0.15, 0.2) is 5.69 Å². The van der Waals surface area contributed by atoms with Gasteiger partial charge in [-0.3, -0.25) is 4.79 Å². The van der Waals surface area contributed by atoms with Crippen LogP contribution in [0.15, 0.2) is 4.52 Å². The summed E-state index contributed by atoms with van der Waals surface area (Å²) >= 11 is 0. The van der Waals surface area contributed by atoms with E-state index >= 15 is 0 Å². The molecule has 1 amide bonds. The molecule has 0 aromatic carbocycles. The van der Waals surface area contributed by atoms with Crippen LogP contribution in [0, 0.1) is 12.3 Å². The first-order valence-electron chi connectivity index (χ1n) is 7.10. The number of nitrogens with zero attached hydrogens (tertiary/aromatic N) is 2. The molecule has 1 aromatic heterocycles. The number of carbonyl (C=O) groups excluding carboxylic acids is 1. The molecule has 114 valence electrons. The molecular formula is C15H27N3O2. The molecule has 0 aliphatic carbocycles. The molecule has 0 fully saturated rings. The van der Waals surface area contributed by atoms with Crippen LogP contribution in [0.3, 0.4) is 0 Å². The summed E-state index contributed by atoms with van der Waals surface area (Å²) in [6.07, 6.45) is 0.745. The number of nitrogens with one attached hydrogen (secondary N) is 1. The summed E-state index contributed by atoms with van der Waals surface area (Å²) in [7, 11) is 4.09. The maximum absolute atomic E-state index is 12.2. The molecule has 0 aliphatic heterocycles. The van der Waals surface area contributed by atoms with Crippen molar-refractivity contribution in [3.8, 4) is 0 Å². The fourth-order valence-corrected chi connectivity index (χ4v) is 2.15. The van der Waals surface area contributed by atoms with Gasteiger partial charge in [-0.1, -0.05) is 25.9 Å². The second-order valence-corrected chi connectivity index (χ2v) is 6.24. The van der Waals surface area contributed by atoms with Crippen LogP contribution in [0.25, 0.3) is 0 Å². The SMILES string of the molecule is CCc1onc(C(=O)NCC(C)(C)C(C)N(C)C)c1C. The van der Waals surface area contributed by atoms with Gasteiger partial charge < -0.3 is 14.7 Å². The summed E-state index contributed by atoms with van der Waals surface area (Å²) < 4.78 is 5.16. The van der Waals surface area contributed by atoms with Crippen LogP contribution in [-0.4, -0.2) is 42.6 Å². The zero-order chi connectivity index (χ0) is 15.5. The van der Waals surface area contributed by atoms with E-state index in [2.05, 4.69) is 36.1 Å². The molecule has 1 aromatic rings. The highest BCUT2D eigenvalue weighted by molar-refractivity contribution is 5.93. The van der Waals surface area contributed by atoms with Crippen molar-refractivity contribution in [3.63, 3.8) is 0 Å². The third-order valence-corrected chi connectivity index (χ3v) is 4.17. The molecule has 0 bridgehead atoms. The zero-order valence-corrected chi connectivity index (χ0v) is 13.7. The largest absolute Gasteiger partial charge is 0.360 e. The molecular weight excluding hydrogens is 254 g/mol. The molecule has 20 heavy (non-hydrogen) atoms. The Morgan fingerprint density at radius 3 is 2.50 bits per heavy atom. The van der Waals surface area contributed by atoms with Crippen molar-refractivity contribution < 1.29 is 9.32 Å². The van der Waals surface area contributed by atoms with Gasteiger partial charge in [0, 0.05) is 24.6 Å². The highest BCUT2D eigenvalue weighted by Crippen LogP contribution is 2.23. The van der Waals surface area contributed by atoms with E-state index in [1.807, 2.05) is 27.9 Å². The lowest BCUT2D eigenvalue weighted by molar-refractivity contribution is 0.0890. The smallest absolute Gasteiger partial charge is 0.273 e. The number of hydrogen-bond acceptors (Lipinski definition) is 4. The van der Waals surface area contributed by atoms with Crippen molar-refractivity contribution in [3.05, 3.63) is 17.0 Å². The monoisotopic (exact) mass is 281 g/mol. The van der Waals surface area contributed by atoms with Crippen molar-refractivity contribution in [2.75, 3.05) is 20.6 Å². The standard InChI is InChI=1S/C15H27N3O2/c1-8-12-10(2)13(17-20-12)14(19)16-9-15(4,5)11(3)18(6)7/h11H,8-9H2,1-7H3,(H,16,19). The lowest BCUT2D eigenvalue weighted by Gasteiger charge is -2.36. The molecule has 0 radical (unpaired) electrons. The van der Waals surface area contributed by atoms with Crippen molar-refractivity contribution in [1.82, 2.24) is 15.4 Å².